The minimum Gasteiger partial charge on any atom is -0.393 e. The van der Waals surface area contributed by atoms with Crippen molar-refractivity contribution in [2.24, 2.45) is 34.5 Å². The van der Waals surface area contributed by atoms with E-state index in [1.165, 1.54) is 0 Å². The largest absolute Gasteiger partial charge is 0.393 e. The predicted octanol–water partition coefficient (Wildman–Crippen LogP) is 1.69. The number of aliphatic hydroxyl groups excluding tert-OH is 4. The van der Waals surface area contributed by atoms with Crippen LogP contribution in [0.15, 0.2) is 0 Å². The van der Waals surface area contributed by atoms with Gasteiger partial charge >= 0.3 is 0 Å². The van der Waals surface area contributed by atoms with Gasteiger partial charge in [0.05, 0.1) is 24.4 Å². The highest BCUT2D eigenvalue weighted by Gasteiger charge is 2.64. The monoisotopic (exact) mass is 324 g/mol. The first-order valence-electron chi connectivity index (χ1n) is 9.49. The molecule has 0 radical (unpaired) electrons. The maximum Gasteiger partial charge on any atom is 0.0855 e. The van der Waals surface area contributed by atoms with Crippen LogP contribution in [-0.2, 0) is 0 Å². The maximum absolute atomic E-state index is 10.9. The maximum atomic E-state index is 10.9. The standard InChI is InChI=1S/C19H32O4/c1-18-5-3-11(20)7-10(18)8-14(21)16-12(18)4-6-19(2)13(16)9-15(22)17(19)23/h10-17,20-23H,3-9H2,1-2H3/t10-,11-,12?,13?,14+,15+,16?,17+,18-,19-/m0/s1. The van der Waals surface area contributed by atoms with Crippen LogP contribution in [0.5, 0.6) is 0 Å². The molecule has 4 aliphatic carbocycles. The third-order valence-electron chi connectivity index (χ3n) is 8.63. The van der Waals surface area contributed by atoms with Gasteiger partial charge in [-0.25, -0.2) is 0 Å². The number of hydrogen-bond acceptors (Lipinski definition) is 4. The summed E-state index contributed by atoms with van der Waals surface area (Å²) in [5.74, 6) is 1.27. The predicted molar refractivity (Wildman–Crippen MR) is 86.5 cm³/mol. The molecule has 0 spiro atoms. The molecule has 0 aromatic carbocycles. The Bertz CT molecular complexity index is 482. The van der Waals surface area contributed by atoms with Crippen LogP contribution in [0.25, 0.3) is 0 Å². The van der Waals surface area contributed by atoms with Crippen LogP contribution >= 0.6 is 0 Å². The van der Waals surface area contributed by atoms with Crippen LogP contribution in [0.3, 0.4) is 0 Å². The fourth-order valence-electron chi connectivity index (χ4n) is 7.19. The van der Waals surface area contributed by atoms with E-state index in [9.17, 15) is 20.4 Å². The zero-order chi connectivity index (χ0) is 16.6. The number of rotatable bonds is 0. The molecule has 4 aliphatic rings. The average molecular weight is 324 g/mol. The van der Waals surface area contributed by atoms with E-state index in [1.807, 2.05) is 0 Å². The molecule has 0 amide bonds. The molecule has 4 nitrogen and oxygen atoms in total. The highest BCUT2D eigenvalue weighted by molar-refractivity contribution is 5.13. The second-order valence-corrected chi connectivity index (χ2v) is 9.52. The van der Waals surface area contributed by atoms with Gasteiger partial charge < -0.3 is 20.4 Å². The third-order valence-corrected chi connectivity index (χ3v) is 8.63. The lowest BCUT2D eigenvalue weighted by Gasteiger charge is -2.61. The Hall–Kier alpha value is -0.160. The second kappa shape index (κ2) is 5.17. The Morgan fingerprint density at radius 2 is 1.43 bits per heavy atom. The van der Waals surface area contributed by atoms with Gasteiger partial charge in [-0.3, -0.25) is 0 Å². The lowest BCUT2D eigenvalue weighted by Crippen LogP contribution is -2.58. The van der Waals surface area contributed by atoms with E-state index in [-0.39, 0.29) is 34.9 Å². The van der Waals surface area contributed by atoms with Gasteiger partial charge in [-0.1, -0.05) is 13.8 Å². The van der Waals surface area contributed by atoms with Crippen molar-refractivity contribution in [3.8, 4) is 0 Å². The van der Waals surface area contributed by atoms with E-state index < -0.39 is 12.2 Å². The van der Waals surface area contributed by atoms with Gasteiger partial charge in [0, 0.05) is 0 Å². The van der Waals surface area contributed by atoms with Crippen molar-refractivity contribution < 1.29 is 20.4 Å². The summed E-state index contributed by atoms with van der Waals surface area (Å²) < 4.78 is 0. The van der Waals surface area contributed by atoms with Crippen LogP contribution in [0.2, 0.25) is 0 Å². The Morgan fingerprint density at radius 3 is 2.17 bits per heavy atom. The Morgan fingerprint density at radius 1 is 0.739 bits per heavy atom. The summed E-state index contributed by atoms with van der Waals surface area (Å²) in [7, 11) is 0. The van der Waals surface area contributed by atoms with Crippen molar-refractivity contribution in [3.63, 3.8) is 0 Å². The van der Waals surface area contributed by atoms with Crippen molar-refractivity contribution >= 4 is 0 Å². The molecular weight excluding hydrogens is 292 g/mol. The lowest BCUT2D eigenvalue weighted by atomic mass is 9.44. The summed E-state index contributed by atoms with van der Waals surface area (Å²) in [6, 6.07) is 0. The Labute approximate surface area is 138 Å². The zero-order valence-electron chi connectivity index (χ0n) is 14.4. The number of hydrogen-bond donors (Lipinski definition) is 4. The molecule has 10 atom stereocenters. The van der Waals surface area contributed by atoms with E-state index in [0.29, 0.717) is 18.3 Å². The fourth-order valence-corrected chi connectivity index (χ4v) is 7.19. The van der Waals surface area contributed by atoms with Gasteiger partial charge in [0.15, 0.2) is 0 Å². The SMILES string of the molecule is C[C@]12CCC3C(C1C[C@@H](O)[C@H]2O)[C@H](O)C[C@@H]1C[C@@H](O)CC[C@]31C. The van der Waals surface area contributed by atoms with Crippen LogP contribution in [-0.4, -0.2) is 44.8 Å². The molecule has 4 fully saturated rings. The first-order chi connectivity index (χ1) is 10.8. The average Bonchev–Trinajstić information content (AvgIpc) is 2.73. The normalized spacial score (nSPS) is 62.3. The van der Waals surface area contributed by atoms with E-state index in [1.54, 1.807) is 0 Å². The molecule has 0 aliphatic heterocycles. The van der Waals surface area contributed by atoms with Crippen molar-refractivity contribution in [1.29, 1.82) is 0 Å². The molecule has 0 heterocycles. The minimum absolute atomic E-state index is 0.192. The molecule has 3 unspecified atom stereocenters. The van der Waals surface area contributed by atoms with Crippen LogP contribution in [0.1, 0.15) is 58.8 Å². The Balaban J connectivity index is 1.68. The zero-order valence-corrected chi connectivity index (χ0v) is 14.4. The van der Waals surface area contributed by atoms with Gasteiger partial charge in [-0.15, -0.1) is 0 Å². The molecule has 4 rings (SSSR count). The molecule has 0 saturated heterocycles. The molecule has 23 heavy (non-hydrogen) atoms. The molecule has 4 N–H and O–H groups in total. The summed E-state index contributed by atoms with van der Waals surface area (Å²) in [5.41, 5.74) is -0.0537. The molecule has 4 saturated carbocycles. The smallest absolute Gasteiger partial charge is 0.0855 e. The van der Waals surface area contributed by atoms with Crippen LogP contribution in [0, 0.1) is 34.5 Å². The van der Waals surface area contributed by atoms with Gasteiger partial charge in [0.25, 0.3) is 0 Å². The highest BCUT2D eigenvalue weighted by atomic mass is 16.3. The minimum atomic E-state index is -0.653. The molecule has 4 heteroatoms. The molecule has 132 valence electrons. The van der Waals surface area contributed by atoms with Crippen molar-refractivity contribution in [3.05, 3.63) is 0 Å². The second-order valence-electron chi connectivity index (χ2n) is 9.52. The summed E-state index contributed by atoms with van der Waals surface area (Å²) in [4.78, 5) is 0. The first-order valence-corrected chi connectivity index (χ1v) is 9.49. The quantitative estimate of drug-likeness (QED) is 0.547. The van der Waals surface area contributed by atoms with Crippen molar-refractivity contribution in [2.45, 2.75) is 83.2 Å². The van der Waals surface area contributed by atoms with E-state index in [0.717, 1.165) is 38.5 Å². The van der Waals surface area contributed by atoms with Gasteiger partial charge in [-0.05, 0) is 79.4 Å². The highest BCUT2D eigenvalue weighted by Crippen LogP contribution is 2.66. The van der Waals surface area contributed by atoms with Gasteiger partial charge in [0.1, 0.15) is 0 Å². The van der Waals surface area contributed by atoms with Gasteiger partial charge in [-0.2, -0.15) is 0 Å². The summed E-state index contributed by atoms with van der Waals surface area (Å²) >= 11 is 0. The van der Waals surface area contributed by atoms with Crippen LogP contribution < -0.4 is 0 Å². The van der Waals surface area contributed by atoms with Crippen molar-refractivity contribution in [2.75, 3.05) is 0 Å². The van der Waals surface area contributed by atoms with Crippen molar-refractivity contribution in [1.82, 2.24) is 0 Å². The number of fused-ring (bicyclic) bond motifs is 5. The lowest BCUT2D eigenvalue weighted by molar-refractivity contribution is -0.177. The summed E-state index contributed by atoms with van der Waals surface area (Å²) in [6.07, 6.45) is 4.24. The fraction of sp³-hybridized carbons (Fsp3) is 1.00. The summed E-state index contributed by atoms with van der Waals surface area (Å²) in [5, 5.41) is 41.7. The third kappa shape index (κ3) is 2.11. The topological polar surface area (TPSA) is 80.9 Å². The number of aliphatic hydroxyl groups is 4. The first kappa shape index (κ1) is 16.3. The van der Waals surface area contributed by atoms with Crippen LogP contribution in [0.4, 0.5) is 0 Å². The van der Waals surface area contributed by atoms with E-state index >= 15 is 0 Å². The van der Waals surface area contributed by atoms with Gasteiger partial charge in [0.2, 0.25) is 0 Å². The Kier molecular flexibility index (Phi) is 3.67. The van der Waals surface area contributed by atoms with E-state index in [2.05, 4.69) is 13.8 Å². The molecular formula is C19H32O4. The molecule has 0 aromatic rings. The molecule has 0 bridgehead atoms. The molecule has 0 aromatic heterocycles. The summed E-state index contributed by atoms with van der Waals surface area (Å²) in [6.45, 7) is 4.48. The van der Waals surface area contributed by atoms with E-state index in [4.69, 9.17) is 0 Å².